The lowest BCUT2D eigenvalue weighted by molar-refractivity contribution is 0.0946. The molecule has 2 nitrogen and oxygen atoms in total. The second-order valence-electron chi connectivity index (χ2n) is 4.95. The van der Waals surface area contributed by atoms with Crippen molar-refractivity contribution >= 4 is 49.4 Å². The zero-order chi connectivity index (χ0) is 15.0. The van der Waals surface area contributed by atoms with Gasteiger partial charge in [-0.1, -0.05) is 55.6 Å². The molecule has 1 heterocycles. The van der Waals surface area contributed by atoms with E-state index in [2.05, 4.69) is 43.2 Å². The number of alkyl halides is 1. The number of carbonyl (C=O) groups is 1. The van der Waals surface area contributed by atoms with Crippen LogP contribution in [0.2, 0.25) is 5.02 Å². The summed E-state index contributed by atoms with van der Waals surface area (Å²) in [6, 6.07) is 11.7. The summed E-state index contributed by atoms with van der Waals surface area (Å²) < 4.78 is 0.982. The van der Waals surface area contributed by atoms with Crippen LogP contribution in [0.3, 0.4) is 0 Å². The molecule has 0 aromatic heterocycles. The van der Waals surface area contributed by atoms with E-state index in [9.17, 15) is 4.79 Å². The van der Waals surface area contributed by atoms with Gasteiger partial charge in [0.05, 0.1) is 4.83 Å². The predicted octanol–water partition coefficient (Wildman–Crippen LogP) is 4.87. The molecule has 5 heteroatoms. The van der Waals surface area contributed by atoms with E-state index in [1.165, 1.54) is 0 Å². The van der Waals surface area contributed by atoms with E-state index >= 15 is 0 Å². The van der Waals surface area contributed by atoms with Gasteiger partial charge in [0.1, 0.15) is 0 Å². The summed E-state index contributed by atoms with van der Waals surface area (Å²) in [5, 5.41) is 3.57. The van der Waals surface area contributed by atoms with Gasteiger partial charge in [0, 0.05) is 21.6 Å². The summed E-state index contributed by atoms with van der Waals surface area (Å²) >= 11 is 13.3. The molecule has 21 heavy (non-hydrogen) atoms. The van der Waals surface area contributed by atoms with E-state index in [-0.39, 0.29) is 10.7 Å². The summed E-state index contributed by atoms with van der Waals surface area (Å²) in [6.45, 7) is 0.711. The van der Waals surface area contributed by atoms with Crippen LogP contribution in [0.5, 0.6) is 0 Å². The van der Waals surface area contributed by atoms with Gasteiger partial charge in [-0.2, -0.15) is 0 Å². The van der Waals surface area contributed by atoms with E-state index in [4.69, 9.17) is 11.6 Å². The van der Waals surface area contributed by atoms with Gasteiger partial charge >= 0.3 is 0 Å². The van der Waals surface area contributed by atoms with Crippen LogP contribution in [0, 0.1) is 0 Å². The standard InChI is InChI=1S/C16H12Br2ClNO/c17-14-4-3-11(19)8-13(14)15(18)10-2-1-9-5-6-20-16(21)12(9)7-10/h1-4,7-8,15H,5-6H2,(H,20,21). The molecule has 1 unspecified atom stereocenters. The largest absolute Gasteiger partial charge is 0.352 e. The monoisotopic (exact) mass is 427 g/mol. The molecular formula is C16H12Br2ClNO. The Morgan fingerprint density at radius 3 is 2.81 bits per heavy atom. The van der Waals surface area contributed by atoms with E-state index < -0.39 is 0 Å². The van der Waals surface area contributed by atoms with E-state index in [0.717, 1.165) is 33.1 Å². The first-order valence-corrected chi connectivity index (χ1v) is 8.65. The first-order valence-electron chi connectivity index (χ1n) is 6.56. The molecule has 0 spiro atoms. The fraction of sp³-hybridized carbons (Fsp3) is 0.188. The highest BCUT2D eigenvalue weighted by molar-refractivity contribution is 9.11. The smallest absolute Gasteiger partial charge is 0.251 e. The molecule has 1 amide bonds. The third kappa shape index (κ3) is 3.03. The number of benzene rings is 2. The Hall–Kier alpha value is -0.840. The summed E-state index contributed by atoms with van der Waals surface area (Å²) in [7, 11) is 0. The molecule has 0 saturated carbocycles. The van der Waals surface area contributed by atoms with Crippen LogP contribution in [-0.2, 0) is 6.42 Å². The van der Waals surface area contributed by atoms with Crippen LogP contribution in [0.1, 0.15) is 31.9 Å². The van der Waals surface area contributed by atoms with Gasteiger partial charge < -0.3 is 5.32 Å². The first-order chi connectivity index (χ1) is 10.1. The minimum absolute atomic E-state index is 0.00274. The van der Waals surface area contributed by atoms with Crippen LogP contribution in [0.25, 0.3) is 0 Å². The van der Waals surface area contributed by atoms with Gasteiger partial charge in [-0.3, -0.25) is 4.79 Å². The molecule has 108 valence electrons. The Bertz CT molecular complexity index is 717. The average molecular weight is 430 g/mol. The highest BCUT2D eigenvalue weighted by Crippen LogP contribution is 2.37. The third-order valence-electron chi connectivity index (χ3n) is 3.58. The van der Waals surface area contributed by atoms with Crippen molar-refractivity contribution < 1.29 is 4.79 Å². The van der Waals surface area contributed by atoms with Crippen LogP contribution in [-0.4, -0.2) is 12.5 Å². The van der Waals surface area contributed by atoms with E-state index in [1.54, 1.807) is 0 Å². The maximum Gasteiger partial charge on any atom is 0.251 e. The predicted molar refractivity (Wildman–Crippen MR) is 92.4 cm³/mol. The molecule has 3 rings (SSSR count). The van der Waals surface area contributed by atoms with Crippen molar-refractivity contribution in [1.82, 2.24) is 5.32 Å². The zero-order valence-electron chi connectivity index (χ0n) is 11.0. The number of nitrogens with one attached hydrogen (secondary N) is 1. The lowest BCUT2D eigenvalue weighted by atomic mass is 9.95. The van der Waals surface area contributed by atoms with Gasteiger partial charge in [0.15, 0.2) is 0 Å². The van der Waals surface area contributed by atoms with Crippen LogP contribution in [0.15, 0.2) is 40.9 Å². The maximum atomic E-state index is 12.0. The van der Waals surface area contributed by atoms with Gasteiger partial charge in [-0.15, -0.1) is 0 Å². The molecule has 1 aliphatic heterocycles. The molecule has 1 N–H and O–H groups in total. The summed E-state index contributed by atoms with van der Waals surface area (Å²) in [5.74, 6) is 0.00274. The maximum absolute atomic E-state index is 12.0. The number of rotatable bonds is 2. The Morgan fingerprint density at radius 2 is 2.00 bits per heavy atom. The number of hydrogen-bond donors (Lipinski definition) is 1. The summed E-state index contributed by atoms with van der Waals surface area (Å²) in [6.07, 6.45) is 0.884. The first kappa shape index (κ1) is 15.1. The summed E-state index contributed by atoms with van der Waals surface area (Å²) in [5.41, 5.74) is 3.95. The zero-order valence-corrected chi connectivity index (χ0v) is 14.9. The molecule has 1 atom stereocenters. The van der Waals surface area contributed by atoms with E-state index in [0.29, 0.717) is 11.6 Å². The second-order valence-corrected chi connectivity index (χ2v) is 7.16. The fourth-order valence-corrected chi connectivity index (χ4v) is 4.10. The number of halogens is 3. The Labute approximate surface area is 145 Å². The van der Waals surface area contributed by atoms with Crippen molar-refractivity contribution in [2.45, 2.75) is 11.2 Å². The van der Waals surface area contributed by atoms with Crippen molar-refractivity contribution in [2.75, 3.05) is 6.54 Å². The minimum atomic E-state index is -0.0226. The lowest BCUT2D eigenvalue weighted by Crippen LogP contribution is -2.31. The highest BCUT2D eigenvalue weighted by Gasteiger charge is 2.20. The van der Waals surface area contributed by atoms with Gasteiger partial charge in [0.2, 0.25) is 0 Å². The van der Waals surface area contributed by atoms with E-state index in [1.807, 2.05) is 30.3 Å². The Kier molecular flexibility index (Phi) is 4.38. The van der Waals surface area contributed by atoms with Crippen LogP contribution < -0.4 is 5.32 Å². The molecular weight excluding hydrogens is 417 g/mol. The van der Waals surface area contributed by atoms with Crippen molar-refractivity contribution in [3.63, 3.8) is 0 Å². The van der Waals surface area contributed by atoms with Crippen molar-refractivity contribution in [1.29, 1.82) is 0 Å². The number of carbonyl (C=O) groups excluding carboxylic acids is 1. The van der Waals surface area contributed by atoms with Crippen molar-refractivity contribution in [2.24, 2.45) is 0 Å². The normalized spacial score (nSPS) is 15.3. The molecule has 0 saturated heterocycles. The van der Waals surface area contributed by atoms with Crippen LogP contribution >= 0.6 is 43.5 Å². The second kappa shape index (κ2) is 6.11. The molecule has 1 aliphatic rings. The number of amides is 1. The number of fused-ring (bicyclic) bond motifs is 1. The lowest BCUT2D eigenvalue weighted by Gasteiger charge is -2.19. The highest BCUT2D eigenvalue weighted by atomic mass is 79.9. The fourth-order valence-electron chi connectivity index (χ4n) is 2.48. The third-order valence-corrected chi connectivity index (χ3v) is 5.56. The quantitative estimate of drug-likeness (QED) is 0.678. The van der Waals surface area contributed by atoms with Crippen molar-refractivity contribution in [3.8, 4) is 0 Å². The minimum Gasteiger partial charge on any atom is -0.352 e. The Balaban J connectivity index is 2.02. The van der Waals surface area contributed by atoms with Gasteiger partial charge in [-0.25, -0.2) is 0 Å². The average Bonchev–Trinajstić information content (AvgIpc) is 2.49. The Morgan fingerprint density at radius 1 is 1.19 bits per heavy atom. The van der Waals surface area contributed by atoms with Gasteiger partial charge in [0.25, 0.3) is 5.91 Å². The summed E-state index contributed by atoms with van der Waals surface area (Å²) in [4.78, 5) is 11.9. The molecule has 0 aliphatic carbocycles. The van der Waals surface area contributed by atoms with Crippen LogP contribution in [0.4, 0.5) is 0 Å². The van der Waals surface area contributed by atoms with Crippen molar-refractivity contribution in [3.05, 3.63) is 68.1 Å². The SMILES string of the molecule is O=C1NCCc2ccc(C(Br)c3cc(Cl)ccc3Br)cc21. The number of hydrogen-bond acceptors (Lipinski definition) is 1. The molecule has 2 aromatic carbocycles. The molecule has 0 radical (unpaired) electrons. The molecule has 0 bridgehead atoms. The topological polar surface area (TPSA) is 29.1 Å². The molecule has 2 aromatic rings. The molecule has 0 fully saturated rings. The van der Waals surface area contributed by atoms with Gasteiger partial charge in [-0.05, 0) is 47.4 Å².